The van der Waals surface area contributed by atoms with Crippen LogP contribution in [0.3, 0.4) is 0 Å². The molecule has 0 aliphatic rings. The van der Waals surface area contributed by atoms with Gasteiger partial charge in [-0.3, -0.25) is 14.3 Å². The lowest BCUT2D eigenvalue weighted by molar-refractivity contribution is 0.560. The van der Waals surface area contributed by atoms with Crippen molar-refractivity contribution in [2.24, 2.45) is 14.1 Å². The first-order valence-corrected chi connectivity index (χ1v) is 9.54. The second-order valence-corrected chi connectivity index (χ2v) is 7.65. The topological polar surface area (TPSA) is 103 Å². The summed E-state index contributed by atoms with van der Waals surface area (Å²) in [5.74, 6) is 0. The normalized spacial score (nSPS) is 12.7. The van der Waals surface area contributed by atoms with Gasteiger partial charge in [0.15, 0.2) is 4.90 Å². The van der Waals surface area contributed by atoms with Crippen molar-refractivity contribution in [2.45, 2.75) is 10.9 Å². The Morgan fingerprint density at radius 2 is 1.67 bits per heavy atom. The zero-order chi connectivity index (χ0) is 19.6. The number of nitrogens with zero attached hydrogens (tertiary/aromatic N) is 3. The van der Waals surface area contributed by atoms with Gasteiger partial charge in [0.2, 0.25) is 10.0 Å². The molecule has 140 valence electrons. The van der Waals surface area contributed by atoms with Crippen molar-refractivity contribution in [1.82, 2.24) is 18.8 Å². The minimum Gasteiger partial charge on any atom is -0.302 e. The summed E-state index contributed by atoms with van der Waals surface area (Å²) < 4.78 is 30.3. The Hall–Kier alpha value is -3.04. The third kappa shape index (κ3) is 3.74. The van der Waals surface area contributed by atoms with Crippen molar-refractivity contribution in [3.05, 3.63) is 93.0 Å². The Balaban J connectivity index is 2.12. The standard InChI is InChI=1S/C18H18N4O4S/c1-21-12-15(17(23)22(2)18(21)24)27(25,26)20-16(13-8-4-3-5-9-13)14-10-6-7-11-19-14/h3-12,16,20H,1-2H3. The summed E-state index contributed by atoms with van der Waals surface area (Å²) in [7, 11) is -1.61. The van der Waals surface area contributed by atoms with Gasteiger partial charge >= 0.3 is 5.69 Å². The highest BCUT2D eigenvalue weighted by Gasteiger charge is 2.27. The van der Waals surface area contributed by atoms with E-state index in [1.165, 1.54) is 14.1 Å². The zero-order valence-corrected chi connectivity index (χ0v) is 15.6. The van der Waals surface area contributed by atoms with Gasteiger partial charge in [0.25, 0.3) is 5.56 Å². The molecule has 0 aliphatic heterocycles. The molecule has 1 atom stereocenters. The van der Waals surface area contributed by atoms with Crippen LogP contribution in [0.2, 0.25) is 0 Å². The largest absolute Gasteiger partial charge is 0.330 e. The molecule has 1 aromatic carbocycles. The Bertz CT molecular complexity index is 1130. The molecule has 0 saturated carbocycles. The van der Waals surface area contributed by atoms with Crippen molar-refractivity contribution in [3.63, 3.8) is 0 Å². The molecular weight excluding hydrogens is 368 g/mol. The fraction of sp³-hybridized carbons (Fsp3) is 0.167. The number of aromatic nitrogens is 3. The lowest BCUT2D eigenvalue weighted by Gasteiger charge is -2.19. The van der Waals surface area contributed by atoms with E-state index >= 15 is 0 Å². The molecule has 2 aromatic heterocycles. The highest BCUT2D eigenvalue weighted by Crippen LogP contribution is 2.22. The molecule has 0 aliphatic carbocycles. The molecule has 0 radical (unpaired) electrons. The molecule has 27 heavy (non-hydrogen) atoms. The first kappa shape index (κ1) is 18.7. The van der Waals surface area contributed by atoms with E-state index in [9.17, 15) is 18.0 Å². The third-order valence-electron chi connectivity index (χ3n) is 4.09. The van der Waals surface area contributed by atoms with Gasteiger partial charge in [-0.15, -0.1) is 0 Å². The summed E-state index contributed by atoms with van der Waals surface area (Å²) in [6, 6.07) is 13.3. The van der Waals surface area contributed by atoms with Gasteiger partial charge in [0.1, 0.15) is 0 Å². The van der Waals surface area contributed by atoms with E-state index in [1.54, 1.807) is 48.7 Å². The summed E-state index contributed by atoms with van der Waals surface area (Å²) in [4.78, 5) is 27.9. The van der Waals surface area contributed by atoms with Crippen molar-refractivity contribution < 1.29 is 8.42 Å². The minimum atomic E-state index is -4.23. The number of hydrogen-bond acceptors (Lipinski definition) is 5. The number of nitrogens with one attached hydrogen (secondary N) is 1. The number of rotatable bonds is 5. The van der Waals surface area contributed by atoms with Gasteiger partial charge < -0.3 is 4.57 Å². The summed E-state index contributed by atoms with van der Waals surface area (Å²) in [5.41, 5.74) is -0.350. The molecule has 0 amide bonds. The lowest BCUT2D eigenvalue weighted by atomic mass is 10.0. The fourth-order valence-corrected chi connectivity index (χ4v) is 4.03. The van der Waals surface area contributed by atoms with Gasteiger partial charge in [0, 0.05) is 26.5 Å². The predicted molar refractivity (Wildman–Crippen MR) is 99.8 cm³/mol. The van der Waals surface area contributed by atoms with Crippen LogP contribution in [0.15, 0.2) is 75.4 Å². The molecular formula is C18H18N4O4S. The quantitative estimate of drug-likeness (QED) is 0.690. The average Bonchev–Trinajstić information content (AvgIpc) is 2.68. The number of sulfonamides is 1. The highest BCUT2D eigenvalue weighted by molar-refractivity contribution is 7.89. The number of aryl methyl sites for hydroxylation is 1. The molecule has 9 heteroatoms. The van der Waals surface area contributed by atoms with Crippen molar-refractivity contribution in [1.29, 1.82) is 0 Å². The van der Waals surface area contributed by atoms with Crippen LogP contribution >= 0.6 is 0 Å². The summed E-state index contributed by atoms with van der Waals surface area (Å²) in [6.45, 7) is 0. The molecule has 8 nitrogen and oxygen atoms in total. The summed E-state index contributed by atoms with van der Waals surface area (Å²) in [6.07, 6.45) is 2.58. The molecule has 0 fully saturated rings. The first-order valence-electron chi connectivity index (χ1n) is 8.06. The van der Waals surface area contributed by atoms with E-state index in [4.69, 9.17) is 0 Å². The molecule has 2 heterocycles. The van der Waals surface area contributed by atoms with E-state index in [0.717, 1.165) is 15.3 Å². The van der Waals surface area contributed by atoms with Crippen LogP contribution in [-0.2, 0) is 24.1 Å². The van der Waals surface area contributed by atoms with Gasteiger partial charge in [-0.25, -0.2) is 13.2 Å². The fourth-order valence-electron chi connectivity index (χ4n) is 2.67. The maximum atomic E-state index is 13.0. The van der Waals surface area contributed by atoms with E-state index in [-0.39, 0.29) is 0 Å². The predicted octanol–water partition coefficient (Wildman–Crippen LogP) is 0.547. The monoisotopic (exact) mass is 386 g/mol. The molecule has 1 unspecified atom stereocenters. The molecule has 0 saturated heterocycles. The molecule has 0 bridgehead atoms. The summed E-state index contributed by atoms with van der Waals surface area (Å²) >= 11 is 0. The van der Waals surface area contributed by atoms with Crippen LogP contribution < -0.4 is 16.0 Å². The number of benzene rings is 1. The smallest absolute Gasteiger partial charge is 0.302 e. The Morgan fingerprint density at radius 3 is 2.30 bits per heavy atom. The average molecular weight is 386 g/mol. The number of hydrogen-bond donors (Lipinski definition) is 1. The van der Waals surface area contributed by atoms with Crippen molar-refractivity contribution >= 4 is 10.0 Å². The maximum absolute atomic E-state index is 13.0. The van der Waals surface area contributed by atoms with E-state index in [0.29, 0.717) is 11.3 Å². The second-order valence-electron chi connectivity index (χ2n) is 5.97. The Morgan fingerprint density at radius 1 is 1.00 bits per heavy atom. The second kappa shape index (κ2) is 7.29. The van der Waals surface area contributed by atoms with Crippen LogP contribution in [-0.4, -0.2) is 22.5 Å². The van der Waals surface area contributed by atoms with Crippen LogP contribution in [0.1, 0.15) is 17.3 Å². The number of pyridine rings is 1. The Kier molecular flexibility index (Phi) is 5.06. The van der Waals surface area contributed by atoms with E-state index in [1.807, 2.05) is 6.07 Å². The van der Waals surface area contributed by atoms with Crippen molar-refractivity contribution in [2.75, 3.05) is 0 Å². The van der Waals surface area contributed by atoms with Gasteiger partial charge in [-0.2, -0.15) is 4.72 Å². The van der Waals surface area contributed by atoms with Crippen LogP contribution in [0, 0.1) is 0 Å². The lowest BCUT2D eigenvalue weighted by Crippen LogP contribution is -2.42. The SMILES string of the molecule is Cn1cc(S(=O)(=O)NC(c2ccccc2)c2ccccn2)c(=O)n(C)c1=O. The first-order chi connectivity index (χ1) is 12.8. The molecule has 1 N–H and O–H groups in total. The van der Waals surface area contributed by atoms with Gasteiger partial charge in [-0.05, 0) is 17.7 Å². The van der Waals surface area contributed by atoms with E-state index in [2.05, 4.69) is 9.71 Å². The van der Waals surface area contributed by atoms with Crippen molar-refractivity contribution in [3.8, 4) is 0 Å². The molecule has 3 rings (SSSR count). The van der Waals surface area contributed by atoms with E-state index < -0.39 is 32.2 Å². The van der Waals surface area contributed by atoms with Crippen LogP contribution in [0.25, 0.3) is 0 Å². The maximum Gasteiger partial charge on any atom is 0.330 e. The van der Waals surface area contributed by atoms with Gasteiger partial charge in [0.05, 0.1) is 11.7 Å². The van der Waals surface area contributed by atoms with Crippen LogP contribution in [0.5, 0.6) is 0 Å². The van der Waals surface area contributed by atoms with Gasteiger partial charge in [-0.1, -0.05) is 36.4 Å². The van der Waals surface area contributed by atoms with Crippen LogP contribution in [0.4, 0.5) is 0 Å². The third-order valence-corrected chi connectivity index (χ3v) is 5.50. The summed E-state index contributed by atoms with van der Waals surface area (Å²) in [5, 5.41) is 0. The highest BCUT2D eigenvalue weighted by atomic mass is 32.2. The Labute approximate surface area is 155 Å². The zero-order valence-electron chi connectivity index (χ0n) is 14.7. The molecule has 3 aromatic rings. The molecule has 0 spiro atoms. The minimum absolute atomic E-state index is 0.480.